The summed E-state index contributed by atoms with van der Waals surface area (Å²) in [5.41, 5.74) is 2.52. The third-order valence-electron chi connectivity index (χ3n) is 4.33. The minimum atomic E-state index is -0.363. The fourth-order valence-corrected chi connectivity index (χ4v) is 3.37. The van der Waals surface area contributed by atoms with Gasteiger partial charge in [0.1, 0.15) is 5.75 Å². The number of benzene rings is 2. The Bertz CT molecular complexity index is 805. The number of hydrogen-bond donors (Lipinski definition) is 1. The van der Waals surface area contributed by atoms with Gasteiger partial charge in [-0.05, 0) is 55.0 Å². The number of carbonyl (C=O) groups excluding carboxylic acids is 2. The molecule has 2 aromatic carbocycles. The molecule has 25 heavy (non-hydrogen) atoms. The van der Waals surface area contributed by atoms with Crippen molar-refractivity contribution in [3.8, 4) is 5.75 Å². The third-order valence-corrected chi connectivity index (χ3v) is 4.82. The van der Waals surface area contributed by atoms with Gasteiger partial charge < -0.3 is 15.0 Å². The maximum absolute atomic E-state index is 12.6. The highest BCUT2D eigenvalue weighted by molar-refractivity contribution is 9.10. The summed E-state index contributed by atoms with van der Waals surface area (Å²) in [5, 5.41) is 2.93. The number of nitrogens with zero attached hydrogens (tertiary/aromatic N) is 1. The molecule has 5 nitrogen and oxygen atoms in total. The normalized spacial score (nSPS) is 16.8. The molecule has 0 radical (unpaired) electrons. The van der Waals surface area contributed by atoms with Crippen molar-refractivity contribution in [1.82, 2.24) is 0 Å². The Morgan fingerprint density at radius 3 is 2.60 bits per heavy atom. The lowest BCUT2D eigenvalue weighted by atomic mass is 10.1. The van der Waals surface area contributed by atoms with Crippen LogP contribution in [0, 0.1) is 12.8 Å². The van der Waals surface area contributed by atoms with Crippen molar-refractivity contribution in [2.24, 2.45) is 5.92 Å². The smallest absolute Gasteiger partial charge is 0.229 e. The van der Waals surface area contributed by atoms with Crippen molar-refractivity contribution in [2.45, 2.75) is 13.3 Å². The van der Waals surface area contributed by atoms with Crippen molar-refractivity contribution in [3.05, 3.63) is 52.5 Å². The summed E-state index contributed by atoms with van der Waals surface area (Å²) < 4.78 is 6.10. The van der Waals surface area contributed by atoms with Gasteiger partial charge >= 0.3 is 0 Å². The van der Waals surface area contributed by atoms with Crippen molar-refractivity contribution >= 4 is 39.1 Å². The lowest BCUT2D eigenvalue weighted by molar-refractivity contribution is -0.122. The van der Waals surface area contributed by atoms with E-state index >= 15 is 0 Å². The van der Waals surface area contributed by atoms with Crippen LogP contribution in [0.5, 0.6) is 5.75 Å². The zero-order valence-corrected chi connectivity index (χ0v) is 15.7. The zero-order chi connectivity index (χ0) is 18.0. The molecule has 1 fully saturated rings. The van der Waals surface area contributed by atoms with Crippen molar-refractivity contribution in [2.75, 3.05) is 23.9 Å². The van der Waals surface area contributed by atoms with Crippen molar-refractivity contribution < 1.29 is 14.3 Å². The lowest BCUT2D eigenvalue weighted by Gasteiger charge is -2.17. The van der Waals surface area contributed by atoms with Gasteiger partial charge in [-0.25, -0.2) is 0 Å². The highest BCUT2D eigenvalue weighted by atomic mass is 79.9. The first-order chi connectivity index (χ1) is 12.0. The van der Waals surface area contributed by atoms with Crippen LogP contribution >= 0.6 is 15.9 Å². The fourth-order valence-electron chi connectivity index (χ4n) is 2.90. The van der Waals surface area contributed by atoms with Crippen LogP contribution in [-0.2, 0) is 9.59 Å². The van der Waals surface area contributed by atoms with E-state index in [-0.39, 0.29) is 24.2 Å². The van der Waals surface area contributed by atoms with Gasteiger partial charge in [0.05, 0.1) is 13.0 Å². The van der Waals surface area contributed by atoms with Gasteiger partial charge in [0, 0.05) is 28.8 Å². The van der Waals surface area contributed by atoms with Crippen LogP contribution in [-0.4, -0.2) is 25.5 Å². The summed E-state index contributed by atoms with van der Waals surface area (Å²) in [6.45, 7) is 2.32. The van der Waals surface area contributed by atoms with Crippen molar-refractivity contribution in [3.63, 3.8) is 0 Å². The van der Waals surface area contributed by atoms with E-state index in [9.17, 15) is 9.59 Å². The molecule has 1 aliphatic heterocycles. The molecule has 2 amide bonds. The van der Waals surface area contributed by atoms with Crippen LogP contribution in [0.25, 0.3) is 0 Å². The summed E-state index contributed by atoms with van der Waals surface area (Å²) in [7, 11) is 1.60. The summed E-state index contributed by atoms with van der Waals surface area (Å²) in [6, 6.07) is 13.0. The number of hydrogen-bond acceptors (Lipinski definition) is 3. The SMILES string of the molecule is COc1ccc(N2C[C@H](C(=O)Nc3ccc(Br)cc3C)CC2=O)cc1. The fraction of sp³-hybridized carbons (Fsp3) is 0.263. The van der Waals surface area contributed by atoms with E-state index in [0.717, 1.165) is 27.2 Å². The summed E-state index contributed by atoms with van der Waals surface area (Å²) >= 11 is 3.41. The van der Waals surface area contributed by atoms with Gasteiger partial charge in [0.2, 0.25) is 11.8 Å². The highest BCUT2D eigenvalue weighted by Gasteiger charge is 2.35. The molecule has 6 heteroatoms. The maximum Gasteiger partial charge on any atom is 0.229 e. The van der Waals surface area contributed by atoms with Gasteiger partial charge in [-0.15, -0.1) is 0 Å². The van der Waals surface area contributed by atoms with Crippen LogP contribution < -0.4 is 15.0 Å². The first-order valence-corrected chi connectivity index (χ1v) is 8.78. The van der Waals surface area contributed by atoms with E-state index in [1.807, 2.05) is 37.3 Å². The van der Waals surface area contributed by atoms with Gasteiger partial charge in [0.15, 0.2) is 0 Å². The first-order valence-electron chi connectivity index (χ1n) is 7.99. The summed E-state index contributed by atoms with van der Waals surface area (Å²) in [5.74, 6) is 0.195. The van der Waals surface area contributed by atoms with Crippen molar-refractivity contribution in [1.29, 1.82) is 0 Å². The van der Waals surface area contributed by atoms with E-state index in [2.05, 4.69) is 21.2 Å². The number of halogens is 1. The molecule has 1 atom stereocenters. The molecule has 0 unspecified atom stereocenters. The summed E-state index contributed by atoms with van der Waals surface area (Å²) in [6.07, 6.45) is 0.216. The topological polar surface area (TPSA) is 58.6 Å². The average Bonchev–Trinajstić information content (AvgIpc) is 2.99. The first kappa shape index (κ1) is 17.5. The second kappa shape index (κ2) is 7.27. The van der Waals surface area contributed by atoms with Crippen LogP contribution in [0.4, 0.5) is 11.4 Å². The van der Waals surface area contributed by atoms with Crippen LogP contribution in [0.1, 0.15) is 12.0 Å². The third kappa shape index (κ3) is 3.85. The van der Waals surface area contributed by atoms with Gasteiger partial charge in [-0.1, -0.05) is 15.9 Å². The highest BCUT2D eigenvalue weighted by Crippen LogP contribution is 2.28. The van der Waals surface area contributed by atoms with Crippen LogP contribution in [0.2, 0.25) is 0 Å². The van der Waals surface area contributed by atoms with Gasteiger partial charge in [-0.3, -0.25) is 9.59 Å². The molecule has 130 valence electrons. The molecule has 0 bridgehead atoms. The second-order valence-electron chi connectivity index (χ2n) is 6.05. The molecule has 0 spiro atoms. The molecule has 0 aliphatic carbocycles. The summed E-state index contributed by atoms with van der Waals surface area (Å²) in [4.78, 5) is 26.5. The molecule has 2 aromatic rings. The van der Waals surface area contributed by atoms with E-state index in [0.29, 0.717) is 6.54 Å². The van der Waals surface area contributed by atoms with Crippen LogP contribution in [0.3, 0.4) is 0 Å². The van der Waals surface area contributed by atoms with E-state index in [1.165, 1.54) is 0 Å². The molecule has 1 heterocycles. The Hall–Kier alpha value is -2.34. The monoisotopic (exact) mass is 402 g/mol. The molecule has 3 rings (SSSR count). The number of methoxy groups -OCH3 is 1. The molecule has 0 saturated carbocycles. The Balaban J connectivity index is 1.69. The van der Waals surface area contributed by atoms with E-state index < -0.39 is 0 Å². The Morgan fingerprint density at radius 2 is 1.96 bits per heavy atom. The Morgan fingerprint density at radius 1 is 1.24 bits per heavy atom. The Labute approximate surface area is 155 Å². The molecular weight excluding hydrogens is 384 g/mol. The number of carbonyl (C=O) groups is 2. The number of nitrogens with one attached hydrogen (secondary N) is 1. The lowest BCUT2D eigenvalue weighted by Crippen LogP contribution is -2.28. The standard InChI is InChI=1S/C19H19BrN2O3/c1-12-9-14(20)3-8-17(12)21-19(24)13-10-18(23)22(11-13)15-4-6-16(25-2)7-5-15/h3-9,13H,10-11H2,1-2H3,(H,21,24)/t13-/m1/s1. The minimum absolute atomic E-state index is 0.0437. The number of anilines is 2. The molecule has 1 aliphatic rings. The van der Waals surface area contributed by atoms with Gasteiger partial charge in [-0.2, -0.15) is 0 Å². The predicted octanol–water partition coefficient (Wildman–Crippen LogP) is 3.76. The predicted molar refractivity (Wildman–Crippen MR) is 101 cm³/mol. The number of amides is 2. The number of rotatable bonds is 4. The van der Waals surface area contributed by atoms with E-state index in [4.69, 9.17) is 4.74 Å². The number of aryl methyl sites for hydroxylation is 1. The second-order valence-corrected chi connectivity index (χ2v) is 6.97. The van der Waals surface area contributed by atoms with Crippen LogP contribution in [0.15, 0.2) is 46.9 Å². The van der Waals surface area contributed by atoms with Gasteiger partial charge in [0.25, 0.3) is 0 Å². The van der Waals surface area contributed by atoms with E-state index in [1.54, 1.807) is 24.1 Å². The zero-order valence-electron chi connectivity index (χ0n) is 14.1. The molecule has 1 N–H and O–H groups in total. The quantitative estimate of drug-likeness (QED) is 0.846. The molecule has 0 aromatic heterocycles. The average molecular weight is 403 g/mol. The largest absolute Gasteiger partial charge is 0.497 e. The molecule has 1 saturated heterocycles. The Kier molecular flexibility index (Phi) is 5.08. The minimum Gasteiger partial charge on any atom is -0.497 e. The number of ether oxygens (including phenoxy) is 1. The maximum atomic E-state index is 12.6. The molecular formula is C19H19BrN2O3.